The van der Waals surface area contributed by atoms with Crippen LogP contribution in [0.1, 0.15) is 17.2 Å². The van der Waals surface area contributed by atoms with Gasteiger partial charge in [-0.05, 0) is 37.2 Å². The Labute approximate surface area is 124 Å². The topological polar surface area (TPSA) is 12.0 Å². The molecule has 0 aliphatic heterocycles. The van der Waals surface area contributed by atoms with Gasteiger partial charge in [-0.15, -0.1) is 0 Å². The zero-order chi connectivity index (χ0) is 15.6. The van der Waals surface area contributed by atoms with E-state index in [0.717, 1.165) is 24.3 Å². The molecule has 0 heterocycles. The summed E-state index contributed by atoms with van der Waals surface area (Å²) in [6.45, 7) is 0. The zero-order valence-corrected chi connectivity index (χ0v) is 11.8. The molecule has 112 valence electrons. The van der Waals surface area contributed by atoms with Gasteiger partial charge in [0, 0.05) is 17.7 Å². The molecule has 6 heteroatoms. The molecule has 2 rings (SSSR count). The van der Waals surface area contributed by atoms with Gasteiger partial charge >= 0.3 is 0 Å². The van der Waals surface area contributed by atoms with Gasteiger partial charge in [0.25, 0.3) is 0 Å². The van der Waals surface area contributed by atoms with Gasteiger partial charge in [0.2, 0.25) is 0 Å². The van der Waals surface area contributed by atoms with Crippen LogP contribution in [-0.4, -0.2) is 7.05 Å². The zero-order valence-electron chi connectivity index (χ0n) is 11.1. The summed E-state index contributed by atoms with van der Waals surface area (Å²) in [6.07, 6.45) is 0.0423. The monoisotopic (exact) mass is 317 g/mol. The molecule has 1 nitrogen and oxygen atoms in total. The van der Waals surface area contributed by atoms with Crippen LogP contribution < -0.4 is 5.32 Å². The summed E-state index contributed by atoms with van der Waals surface area (Å²) >= 11 is 5.50. The van der Waals surface area contributed by atoms with Gasteiger partial charge in [0.15, 0.2) is 0 Å². The molecule has 1 N–H and O–H groups in total. The first-order valence-electron chi connectivity index (χ1n) is 6.18. The predicted molar refractivity (Wildman–Crippen MR) is 73.2 cm³/mol. The lowest BCUT2D eigenvalue weighted by Gasteiger charge is -2.18. The van der Waals surface area contributed by atoms with Crippen LogP contribution in [0.25, 0.3) is 0 Å². The van der Waals surface area contributed by atoms with Gasteiger partial charge in [-0.3, -0.25) is 0 Å². The molecule has 0 aliphatic carbocycles. The van der Waals surface area contributed by atoms with Crippen LogP contribution >= 0.6 is 11.6 Å². The molecule has 0 radical (unpaired) electrons. The molecule has 1 unspecified atom stereocenters. The Morgan fingerprint density at radius 1 is 1.00 bits per heavy atom. The van der Waals surface area contributed by atoms with Gasteiger partial charge in [-0.2, -0.15) is 0 Å². The van der Waals surface area contributed by atoms with Crippen molar-refractivity contribution in [2.75, 3.05) is 7.05 Å². The maximum absolute atomic E-state index is 13.9. The lowest BCUT2D eigenvalue weighted by molar-refractivity contribution is 0.508. The Morgan fingerprint density at radius 3 is 2.33 bits per heavy atom. The highest BCUT2D eigenvalue weighted by atomic mass is 35.5. The summed E-state index contributed by atoms with van der Waals surface area (Å²) in [6, 6.07) is 4.32. The van der Waals surface area contributed by atoms with Crippen molar-refractivity contribution in [3.05, 3.63) is 69.8 Å². The molecular formula is C15H12ClF4N. The van der Waals surface area contributed by atoms with Crippen molar-refractivity contribution in [1.82, 2.24) is 5.32 Å². The van der Waals surface area contributed by atoms with Crippen molar-refractivity contribution in [3.63, 3.8) is 0 Å². The van der Waals surface area contributed by atoms with Gasteiger partial charge in [0.05, 0.1) is 5.02 Å². The number of nitrogens with one attached hydrogen (secondary N) is 1. The predicted octanol–water partition coefficient (Wildman–Crippen LogP) is 4.40. The Balaban J connectivity index is 2.34. The molecule has 0 saturated carbocycles. The van der Waals surface area contributed by atoms with Crippen molar-refractivity contribution in [1.29, 1.82) is 0 Å². The largest absolute Gasteiger partial charge is 0.313 e. The molecule has 2 aromatic carbocycles. The lowest BCUT2D eigenvalue weighted by Crippen LogP contribution is -2.21. The number of rotatable bonds is 4. The van der Waals surface area contributed by atoms with E-state index in [2.05, 4.69) is 5.32 Å². The van der Waals surface area contributed by atoms with Crippen LogP contribution in [-0.2, 0) is 6.42 Å². The number of hydrogen-bond acceptors (Lipinski definition) is 1. The summed E-state index contributed by atoms with van der Waals surface area (Å²) in [7, 11) is 1.54. The molecule has 1 atom stereocenters. The van der Waals surface area contributed by atoms with E-state index in [-0.39, 0.29) is 22.6 Å². The van der Waals surface area contributed by atoms with E-state index >= 15 is 0 Å². The van der Waals surface area contributed by atoms with Gasteiger partial charge in [-0.1, -0.05) is 17.7 Å². The third-order valence-corrected chi connectivity index (χ3v) is 3.49. The number of benzene rings is 2. The summed E-state index contributed by atoms with van der Waals surface area (Å²) in [4.78, 5) is 0. The van der Waals surface area contributed by atoms with Crippen LogP contribution in [0.5, 0.6) is 0 Å². The maximum atomic E-state index is 13.9. The molecule has 0 spiro atoms. The minimum Gasteiger partial charge on any atom is -0.313 e. The van der Waals surface area contributed by atoms with Gasteiger partial charge in [-0.25, -0.2) is 17.6 Å². The van der Waals surface area contributed by atoms with Crippen molar-refractivity contribution >= 4 is 11.6 Å². The average Bonchev–Trinajstić information content (AvgIpc) is 2.43. The quantitative estimate of drug-likeness (QED) is 0.651. The third-order valence-electron chi connectivity index (χ3n) is 3.20. The second-order valence-electron chi connectivity index (χ2n) is 4.57. The second kappa shape index (κ2) is 6.45. The smallest absolute Gasteiger partial charge is 0.142 e. The van der Waals surface area contributed by atoms with E-state index in [1.165, 1.54) is 13.1 Å². The van der Waals surface area contributed by atoms with E-state index in [0.29, 0.717) is 0 Å². The molecule has 0 aliphatic rings. The highest BCUT2D eigenvalue weighted by Crippen LogP contribution is 2.27. The first kappa shape index (κ1) is 15.8. The molecule has 21 heavy (non-hydrogen) atoms. The molecule has 0 aromatic heterocycles. The molecule has 0 fully saturated rings. The maximum Gasteiger partial charge on any atom is 0.142 e. The fraction of sp³-hybridized carbons (Fsp3) is 0.200. The highest BCUT2D eigenvalue weighted by molar-refractivity contribution is 6.30. The van der Waals surface area contributed by atoms with E-state index in [9.17, 15) is 17.6 Å². The van der Waals surface area contributed by atoms with Crippen LogP contribution in [0.4, 0.5) is 17.6 Å². The normalized spacial score (nSPS) is 12.5. The standard InChI is InChI=1S/C15H12ClF4N/c1-21-15(4-8-2-3-9(17)5-12(8)18)10-6-14(20)11(16)7-13(10)19/h2-3,5-7,15,21H,4H2,1H3. The molecule has 0 saturated heterocycles. The van der Waals surface area contributed by atoms with Crippen molar-refractivity contribution < 1.29 is 17.6 Å². The molecule has 2 aromatic rings. The summed E-state index contributed by atoms with van der Waals surface area (Å²) < 4.78 is 53.9. The van der Waals surface area contributed by atoms with E-state index in [1.54, 1.807) is 0 Å². The summed E-state index contributed by atoms with van der Waals surface area (Å²) in [5, 5.41) is 2.47. The highest BCUT2D eigenvalue weighted by Gasteiger charge is 2.19. The van der Waals surface area contributed by atoms with Crippen molar-refractivity contribution in [2.24, 2.45) is 0 Å². The fourth-order valence-corrected chi connectivity index (χ4v) is 2.23. The summed E-state index contributed by atoms with van der Waals surface area (Å²) in [5.41, 5.74) is 0.230. The van der Waals surface area contributed by atoms with Crippen LogP contribution in [0, 0.1) is 23.3 Å². The third kappa shape index (κ3) is 3.54. The first-order valence-corrected chi connectivity index (χ1v) is 6.55. The Kier molecular flexibility index (Phi) is 4.85. The van der Waals surface area contributed by atoms with E-state index in [4.69, 9.17) is 11.6 Å². The van der Waals surface area contributed by atoms with E-state index < -0.39 is 29.3 Å². The number of hydrogen-bond donors (Lipinski definition) is 1. The minimum absolute atomic E-state index is 0.0307. The van der Waals surface area contributed by atoms with Crippen LogP contribution in [0.3, 0.4) is 0 Å². The second-order valence-corrected chi connectivity index (χ2v) is 4.98. The van der Waals surface area contributed by atoms with Crippen molar-refractivity contribution in [3.8, 4) is 0 Å². The lowest BCUT2D eigenvalue weighted by atomic mass is 9.98. The van der Waals surface area contributed by atoms with E-state index in [1.807, 2.05) is 0 Å². The van der Waals surface area contributed by atoms with Crippen LogP contribution in [0.2, 0.25) is 5.02 Å². The van der Waals surface area contributed by atoms with Gasteiger partial charge < -0.3 is 5.32 Å². The molecule has 0 bridgehead atoms. The Bertz CT molecular complexity index is 660. The molecular weight excluding hydrogens is 306 g/mol. The average molecular weight is 318 g/mol. The number of likely N-dealkylation sites (N-methyl/N-ethyl adjacent to an activating group) is 1. The van der Waals surface area contributed by atoms with Gasteiger partial charge in [0.1, 0.15) is 23.3 Å². The minimum atomic E-state index is -0.757. The Hall–Kier alpha value is -1.59. The van der Waals surface area contributed by atoms with Crippen molar-refractivity contribution in [2.45, 2.75) is 12.5 Å². The van der Waals surface area contributed by atoms with Crippen LogP contribution in [0.15, 0.2) is 30.3 Å². The summed E-state index contributed by atoms with van der Waals surface area (Å²) in [5.74, 6) is -2.87. The molecule has 0 amide bonds. The first-order chi connectivity index (χ1) is 9.92. The fourth-order valence-electron chi connectivity index (χ4n) is 2.08. The Morgan fingerprint density at radius 2 is 1.71 bits per heavy atom. The number of halogens is 5. The SMILES string of the molecule is CNC(Cc1ccc(F)cc1F)c1cc(F)c(Cl)cc1F.